The van der Waals surface area contributed by atoms with Crippen LogP contribution in [0.3, 0.4) is 0 Å². The number of carbonyl (C=O) groups is 2. The molecule has 22 heavy (non-hydrogen) atoms. The smallest absolute Gasteiger partial charge is 0.325 e. The normalized spacial score (nSPS) is 22.0. The summed E-state index contributed by atoms with van der Waals surface area (Å²) in [6.45, 7) is 0.620. The first-order chi connectivity index (χ1) is 10.5. The molecule has 1 unspecified atom stereocenters. The van der Waals surface area contributed by atoms with E-state index in [9.17, 15) is 19.1 Å². The van der Waals surface area contributed by atoms with Crippen LogP contribution in [0, 0.1) is 5.82 Å². The standard InChI is InChI=1S/C15H17FN2O4/c16-11-3-1-2-10(8-11)12(19)9-18-13(20)15(17-14(18)21)4-6-22-7-5-15/h1-3,8,12,19H,4-7,9H2,(H,17,21). The minimum atomic E-state index is -1.12. The van der Waals surface area contributed by atoms with E-state index >= 15 is 0 Å². The van der Waals surface area contributed by atoms with Gasteiger partial charge >= 0.3 is 6.03 Å². The second-order valence-corrected chi connectivity index (χ2v) is 5.61. The fourth-order valence-electron chi connectivity index (χ4n) is 2.89. The maximum absolute atomic E-state index is 13.2. The highest BCUT2D eigenvalue weighted by Gasteiger charge is 2.51. The topological polar surface area (TPSA) is 78.9 Å². The van der Waals surface area contributed by atoms with Crippen LogP contribution in [0.1, 0.15) is 24.5 Å². The molecule has 3 rings (SSSR count). The Morgan fingerprint density at radius 2 is 2.09 bits per heavy atom. The number of benzene rings is 1. The molecule has 2 saturated heterocycles. The first-order valence-corrected chi connectivity index (χ1v) is 7.17. The first kappa shape index (κ1) is 14.9. The van der Waals surface area contributed by atoms with Crippen molar-refractivity contribution in [3.05, 3.63) is 35.6 Å². The lowest BCUT2D eigenvalue weighted by Gasteiger charge is -2.30. The monoisotopic (exact) mass is 308 g/mol. The Morgan fingerprint density at radius 3 is 2.77 bits per heavy atom. The van der Waals surface area contributed by atoms with Gasteiger partial charge in [-0.05, 0) is 17.7 Å². The molecule has 1 aromatic rings. The van der Waals surface area contributed by atoms with Crippen LogP contribution in [-0.4, -0.2) is 47.2 Å². The highest BCUT2D eigenvalue weighted by Crippen LogP contribution is 2.29. The minimum Gasteiger partial charge on any atom is -0.387 e. The first-order valence-electron chi connectivity index (χ1n) is 7.17. The Morgan fingerprint density at radius 1 is 1.36 bits per heavy atom. The number of carbonyl (C=O) groups excluding carboxylic acids is 2. The number of aliphatic hydroxyl groups excluding tert-OH is 1. The number of ether oxygens (including phenoxy) is 1. The molecule has 0 aromatic heterocycles. The summed E-state index contributed by atoms with van der Waals surface area (Å²) in [4.78, 5) is 25.6. The summed E-state index contributed by atoms with van der Waals surface area (Å²) in [5.41, 5.74) is -0.592. The summed E-state index contributed by atoms with van der Waals surface area (Å²) in [6, 6.07) is 4.95. The van der Waals surface area contributed by atoms with Gasteiger partial charge in [0.15, 0.2) is 0 Å². The molecule has 3 amide bonds. The van der Waals surface area contributed by atoms with Crippen molar-refractivity contribution in [1.82, 2.24) is 10.2 Å². The van der Waals surface area contributed by atoms with Gasteiger partial charge in [0.25, 0.3) is 5.91 Å². The van der Waals surface area contributed by atoms with Gasteiger partial charge in [0, 0.05) is 26.1 Å². The molecule has 0 aliphatic carbocycles. The lowest BCUT2D eigenvalue weighted by molar-refractivity contribution is -0.135. The van der Waals surface area contributed by atoms with Gasteiger partial charge in [0.05, 0.1) is 12.6 Å². The van der Waals surface area contributed by atoms with Gasteiger partial charge in [0.1, 0.15) is 11.4 Å². The summed E-state index contributed by atoms with van der Waals surface area (Å²) in [5.74, 6) is -0.828. The van der Waals surface area contributed by atoms with E-state index < -0.39 is 23.5 Å². The van der Waals surface area contributed by atoms with E-state index in [1.165, 1.54) is 18.2 Å². The van der Waals surface area contributed by atoms with Crippen molar-refractivity contribution in [2.24, 2.45) is 0 Å². The van der Waals surface area contributed by atoms with Crippen LogP contribution in [0.2, 0.25) is 0 Å². The molecule has 2 aliphatic rings. The third kappa shape index (κ3) is 2.57. The van der Waals surface area contributed by atoms with E-state index in [0.29, 0.717) is 31.6 Å². The molecular formula is C15H17FN2O4. The molecular weight excluding hydrogens is 291 g/mol. The fraction of sp³-hybridized carbons (Fsp3) is 0.467. The van der Waals surface area contributed by atoms with E-state index in [-0.39, 0.29) is 12.5 Å². The number of nitrogens with one attached hydrogen (secondary N) is 1. The van der Waals surface area contributed by atoms with Crippen LogP contribution >= 0.6 is 0 Å². The van der Waals surface area contributed by atoms with Crippen LogP contribution in [0.15, 0.2) is 24.3 Å². The minimum absolute atomic E-state index is 0.198. The Kier molecular flexibility index (Phi) is 3.84. The molecule has 1 spiro atoms. The van der Waals surface area contributed by atoms with Crippen molar-refractivity contribution in [2.75, 3.05) is 19.8 Å². The lowest BCUT2D eigenvalue weighted by atomic mass is 9.90. The maximum Gasteiger partial charge on any atom is 0.325 e. The Balaban J connectivity index is 1.75. The Labute approximate surface area is 126 Å². The lowest BCUT2D eigenvalue weighted by Crippen LogP contribution is -2.51. The molecule has 1 atom stereocenters. The van der Waals surface area contributed by atoms with Crippen LogP contribution in [-0.2, 0) is 9.53 Å². The number of amides is 3. The van der Waals surface area contributed by atoms with Gasteiger partial charge in [0.2, 0.25) is 0 Å². The molecule has 2 fully saturated rings. The third-order valence-corrected chi connectivity index (χ3v) is 4.18. The number of β-amino-alcohol motifs (C(OH)–C–C–N with tert-alkyl or cyclic N) is 1. The van der Waals surface area contributed by atoms with Gasteiger partial charge in [-0.2, -0.15) is 0 Å². The van der Waals surface area contributed by atoms with Crippen LogP contribution in [0.5, 0.6) is 0 Å². The SMILES string of the molecule is O=C1NC2(CCOCC2)C(=O)N1CC(O)c1cccc(F)c1. The second kappa shape index (κ2) is 5.66. The van der Waals surface area contributed by atoms with Gasteiger partial charge in [-0.15, -0.1) is 0 Å². The van der Waals surface area contributed by atoms with E-state index in [0.717, 1.165) is 4.90 Å². The summed E-state index contributed by atoms with van der Waals surface area (Å²) in [5, 5.41) is 12.9. The number of aliphatic hydroxyl groups is 1. The molecule has 0 saturated carbocycles. The molecule has 7 heteroatoms. The number of halogens is 1. The van der Waals surface area contributed by atoms with Crippen LogP contribution < -0.4 is 5.32 Å². The average Bonchev–Trinajstić information content (AvgIpc) is 2.72. The van der Waals surface area contributed by atoms with E-state index in [2.05, 4.69) is 5.32 Å². The van der Waals surface area contributed by atoms with Gasteiger partial charge < -0.3 is 15.2 Å². The van der Waals surface area contributed by atoms with Gasteiger partial charge in [-0.25, -0.2) is 9.18 Å². The molecule has 118 valence electrons. The number of hydrogen-bond acceptors (Lipinski definition) is 4. The van der Waals surface area contributed by atoms with Gasteiger partial charge in [-0.3, -0.25) is 9.69 Å². The molecule has 2 N–H and O–H groups in total. The van der Waals surface area contributed by atoms with Crippen molar-refractivity contribution in [1.29, 1.82) is 0 Å². The van der Waals surface area contributed by atoms with E-state index in [1.54, 1.807) is 6.07 Å². The maximum atomic E-state index is 13.2. The average molecular weight is 308 g/mol. The Bertz CT molecular complexity index is 601. The van der Waals surface area contributed by atoms with E-state index in [1.807, 2.05) is 0 Å². The van der Waals surface area contributed by atoms with Crippen molar-refractivity contribution >= 4 is 11.9 Å². The van der Waals surface area contributed by atoms with Crippen molar-refractivity contribution in [3.63, 3.8) is 0 Å². The molecule has 6 nitrogen and oxygen atoms in total. The number of rotatable bonds is 3. The number of imide groups is 1. The van der Waals surface area contributed by atoms with Crippen LogP contribution in [0.25, 0.3) is 0 Å². The third-order valence-electron chi connectivity index (χ3n) is 4.18. The molecule has 2 heterocycles. The summed E-state index contributed by atoms with van der Waals surface area (Å²) in [7, 11) is 0. The quantitative estimate of drug-likeness (QED) is 0.815. The van der Waals surface area contributed by atoms with Crippen molar-refractivity contribution in [3.8, 4) is 0 Å². The molecule has 2 aliphatic heterocycles. The summed E-state index contributed by atoms with van der Waals surface area (Å²) < 4.78 is 18.4. The fourth-order valence-corrected chi connectivity index (χ4v) is 2.89. The highest BCUT2D eigenvalue weighted by molar-refractivity contribution is 6.07. The zero-order valence-corrected chi connectivity index (χ0v) is 11.9. The summed E-state index contributed by atoms with van der Waals surface area (Å²) in [6.07, 6.45) is -0.283. The van der Waals surface area contributed by atoms with Crippen molar-refractivity contribution in [2.45, 2.75) is 24.5 Å². The number of nitrogens with zero attached hydrogens (tertiary/aromatic N) is 1. The molecule has 0 radical (unpaired) electrons. The largest absolute Gasteiger partial charge is 0.387 e. The molecule has 0 bridgehead atoms. The predicted octanol–water partition coefficient (Wildman–Crippen LogP) is 0.960. The number of hydrogen-bond donors (Lipinski definition) is 2. The van der Waals surface area contributed by atoms with Crippen molar-refractivity contribution < 1.29 is 23.8 Å². The predicted molar refractivity (Wildman–Crippen MR) is 74.4 cm³/mol. The second-order valence-electron chi connectivity index (χ2n) is 5.61. The Hall–Kier alpha value is -1.99. The van der Waals surface area contributed by atoms with Gasteiger partial charge in [-0.1, -0.05) is 12.1 Å². The van der Waals surface area contributed by atoms with Crippen LogP contribution in [0.4, 0.5) is 9.18 Å². The number of urea groups is 1. The van der Waals surface area contributed by atoms with E-state index in [4.69, 9.17) is 4.74 Å². The summed E-state index contributed by atoms with van der Waals surface area (Å²) >= 11 is 0. The zero-order chi connectivity index (χ0) is 15.7. The highest BCUT2D eigenvalue weighted by atomic mass is 19.1. The molecule has 1 aromatic carbocycles. The zero-order valence-electron chi connectivity index (χ0n) is 11.9.